The van der Waals surface area contributed by atoms with Crippen LogP contribution < -0.4 is 10.6 Å². The monoisotopic (exact) mass is 547 g/mol. The third-order valence-corrected chi connectivity index (χ3v) is 6.38. The van der Waals surface area contributed by atoms with Crippen molar-refractivity contribution in [3.8, 4) is 0 Å². The topological polar surface area (TPSA) is 70.6 Å². The SMILES string of the molecule is CCNC(=NCc1ccc(S(C)(=O)=O)c(C)c1)NCCCSc1ccccc1.I. The van der Waals surface area contributed by atoms with E-state index in [-0.39, 0.29) is 24.0 Å². The standard InChI is InChI=1S/C21H29N3O2S2.HI/c1-4-22-21(23-13-8-14-27-19-9-6-5-7-10-19)24-16-18-11-12-20(17(2)15-18)28(3,25)26;/h5-7,9-12,15H,4,8,13-14,16H2,1-3H3,(H2,22,23,24);1H. The summed E-state index contributed by atoms with van der Waals surface area (Å²) in [5, 5.41) is 6.61. The quantitative estimate of drug-likeness (QED) is 0.162. The minimum atomic E-state index is -3.19. The molecule has 0 heterocycles. The summed E-state index contributed by atoms with van der Waals surface area (Å²) in [4.78, 5) is 6.27. The molecule has 5 nitrogen and oxygen atoms in total. The summed E-state index contributed by atoms with van der Waals surface area (Å²) in [5.74, 6) is 1.82. The molecule has 0 aromatic heterocycles. The van der Waals surface area contributed by atoms with Crippen LogP contribution in [0.1, 0.15) is 24.5 Å². The van der Waals surface area contributed by atoms with Gasteiger partial charge in [0.25, 0.3) is 0 Å². The van der Waals surface area contributed by atoms with E-state index in [0.717, 1.165) is 42.3 Å². The van der Waals surface area contributed by atoms with Gasteiger partial charge in [0.15, 0.2) is 15.8 Å². The number of nitrogens with zero attached hydrogens (tertiary/aromatic N) is 1. The predicted octanol–water partition coefficient (Wildman–Crippen LogP) is 4.25. The van der Waals surface area contributed by atoms with E-state index in [4.69, 9.17) is 0 Å². The number of hydrogen-bond acceptors (Lipinski definition) is 4. The third-order valence-electron chi connectivity index (χ3n) is 4.03. The number of nitrogens with one attached hydrogen (secondary N) is 2. The molecule has 2 rings (SSSR count). The van der Waals surface area contributed by atoms with Gasteiger partial charge in [0, 0.05) is 24.2 Å². The lowest BCUT2D eigenvalue weighted by Gasteiger charge is -2.12. The van der Waals surface area contributed by atoms with Gasteiger partial charge in [0.1, 0.15) is 0 Å². The van der Waals surface area contributed by atoms with Gasteiger partial charge in [0.2, 0.25) is 0 Å². The average Bonchev–Trinajstić information content (AvgIpc) is 2.65. The maximum atomic E-state index is 11.7. The molecule has 0 atom stereocenters. The second-order valence-electron chi connectivity index (χ2n) is 6.51. The molecule has 2 aromatic carbocycles. The Morgan fingerprint density at radius 3 is 2.45 bits per heavy atom. The van der Waals surface area contributed by atoms with Crippen molar-refractivity contribution in [2.75, 3.05) is 25.1 Å². The molecule has 160 valence electrons. The highest BCUT2D eigenvalue weighted by Crippen LogP contribution is 2.18. The largest absolute Gasteiger partial charge is 0.357 e. The summed E-state index contributed by atoms with van der Waals surface area (Å²) in [7, 11) is -3.19. The number of hydrogen-bond donors (Lipinski definition) is 2. The van der Waals surface area contributed by atoms with Crippen LogP contribution in [-0.2, 0) is 16.4 Å². The average molecular weight is 548 g/mol. The highest BCUT2D eigenvalue weighted by molar-refractivity contribution is 14.0. The smallest absolute Gasteiger partial charge is 0.191 e. The molecule has 29 heavy (non-hydrogen) atoms. The summed E-state index contributed by atoms with van der Waals surface area (Å²) in [6.07, 6.45) is 2.27. The lowest BCUT2D eigenvalue weighted by molar-refractivity contribution is 0.601. The Morgan fingerprint density at radius 2 is 1.83 bits per heavy atom. The molecule has 2 N–H and O–H groups in total. The number of sulfone groups is 1. The van der Waals surface area contributed by atoms with Gasteiger partial charge in [0.05, 0.1) is 11.4 Å². The fourth-order valence-corrected chi connectivity index (χ4v) is 4.56. The maximum absolute atomic E-state index is 11.7. The molecule has 2 aromatic rings. The number of rotatable bonds is 9. The molecule has 0 aliphatic heterocycles. The highest BCUT2D eigenvalue weighted by Gasteiger charge is 2.10. The van der Waals surface area contributed by atoms with Gasteiger partial charge in [-0.1, -0.05) is 30.3 Å². The minimum Gasteiger partial charge on any atom is -0.357 e. The van der Waals surface area contributed by atoms with Crippen molar-refractivity contribution >= 4 is 51.5 Å². The Bertz CT molecular complexity index is 888. The van der Waals surface area contributed by atoms with E-state index in [2.05, 4.69) is 39.9 Å². The molecule has 8 heteroatoms. The molecule has 0 spiro atoms. The lowest BCUT2D eigenvalue weighted by atomic mass is 10.1. The van der Waals surface area contributed by atoms with Crippen LogP contribution >= 0.6 is 35.7 Å². The molecule has 0 saturated carbocycles. The first-order valence-electron chi connectivity index (χ1n) is 9.39. The molecule has 0 aliphatic rings. The van der Waals surface area contributed by atoms with Gasteiger partial charge in [-0.3, -0.25) is 0 Å². The fourth-order valence-electron chi connectivity index (χ4n) is 2.72. The predicted molar refractivity (Wildman–Crippen MR) is 134 cm³/mol. The summed E-state index contributed by atoms with van der Waals surface area (Å²) in [5.41, 5.74) is 1.74. The van der Waals surface area contributed by atoms with Gasteiger partial charge in [-0.15, -0.1) is 35.7 Å². The molecule has 0 fully saturated rings. The van der Waals surface area contributed by atoms with Crippen molar-refractivity contribution in [3.05, 3.63) is 59.7 Å². The number of benzene rings is 2. The third kappa shape index (κ3) is 9.39. The van der Waals surface area contributed by atoms with Crippen molar-refractivity contribution < 1.29 is 8.42 Å². The van der Waals surface area contributed by atoms with Gasteiger partial charge in [-0.2, -0.15) is 0 Å². The molecular weight excluding hydrogens is 517 g/mol. The molecular formula is C21H30IN3O2S2. The maximum Gasteiger partial charge on any atom is 0.191 e. The Balaban J connectivity index is 0.00000420. The summed E-state index contributed by atoms with van der Waals surface area (Å²) in [6, 6.07) is 15.8. The molecule has 0 unspecified atom stereocenters. The van der Waals surface area contributed by atoms with Crippen molar-refractivity contribution in [2.45, 2.75) is 36.6 Å². The molecule has 0 radical (unpaired) electrons. The van der Waals surface area contributed by atoms with Gasteiger partial charge in [-0.05, 0) is 55.3 Å². The van der Waals surface area contributed by atoms with Crippen LogP contribution in [0.15, 0.2) is 63.3 Å². The zero-order valence-corrected chi connectivity index (χ0v) is 21.1. The molecule has 0 saturated heterocycles. The van der Waals surface area contributed by atoms with Crippen LogP contribution in [0.2, 0.25) is 0 Å². The van der Waals surface area contributed by atoms with Crippen molar-refractivity contribution in [2.24, 2.45) is 4.99 Å². The molecule has 0 bridgehead atoms. The molecule has 0 amide bonds. The fraction of sp³-hybridized carbons (Fsp3) is 0.381. The van der Waals surface area contributed by atoms with Crippen molar-refractivity contribution in [1.82, 2.24) is 10.6 Å². The van der Waals surface area contributed by atoms with E-state index in [1.165, 1.54) is 11.2 Å². The van der Waals surface area contributed by atoms with Crippen LogP contribution in [0.5, 0.6) is 0 Å². The van der Waals surface area contributed by atoms with E-state index >= 15 is 0 Å². The number of guanidine groups is 1. The van der Waals surface area contributed by atoms with E-state index < -0.39 is 9.84 Å². The van der Waals surface area contributed by atoms with E-state index in [1.807, 2.05) is 43.8 Å². The summed E-state index contributed by atoms with van der Waals surface area (Å²) >= 11 is 1.85. The normalized spacial score (nSPS) is 11.6. The Labute approximate surface area is 196 Å². The van der Waals surface area contributed by atoms with Gasteiger partial charge in [-0.25, -0.2) is 13.4 Å². The highest BCUT2D eigenvalue weighted by atomic mass is 127. The Kier molecular flexibility index (Phi) is 11.7. The first kappa shape index (κ1) is 25.8. The molecule has 0 aliphatic carbocycles. The van der Waals surface area contributed by atoms with Crippen molar-refractivity contribution in [1.29, 1.82) is 0 Å². The Morgan fingerprint density at radius 1 is 1.10 bits per heavy atom. The number of halogens is 1. The zero-order valence-electron chi connectivity index (χ0n) is 17.1. The lowest BCUT2D eigenvalue weighted by Crippen LogP contribution is -2.37. The Hall–Kier alpha value is -1.26. The second kappa shape index (κ2) is 13.1. The van der Waals surface area contributed by atoms with E-state index in [1.54, 1.807) is 6.07 Å². The van der Waals surface area contributed by atoms with Crippen LogP contribution in [0, 0.1) is 6.92 Å². The van der Waals surface area contributed by atoms with Crippen molar-refractivity contribution in [3.63, 3.8) is 0 Å². The number of thioether (sulfide) groups is 1. The summed E-state index contributed by atoms with van der Waals surface area (Å²) < 4.78 is 23.5. The van der Waals surface area contributed by atoms with Crippen LogP contribution in [0.4, 0.5) is 0 Å². The summed E-state index contributed by atoms with van der Waals surface area (Å²) in [6.45, 7) is 5.98. The van der Waals surface area contributed by atoms with E-state index in [0.29, 0.717) is 11.4 Å². The first-order chi connectivity index (χ1) is 13.4. The van der Waals surface area contributed by atoms with Crippen LogP contribution in [-0.4, -0.2) is 39.5 Å². The first-order valence-corrected chi connectivity index (χ1v) is 12.3. The number of aliphatic imine (C=N–C) groups is 1. The van der Waals surface area contributed by atoms with Crippen LogP contribution in [0.3, 0.4) is 0 Å². The number of aryl methyl sites for hydroxylation is 1. The second-order valence-corrected chi connectivity index (χ2v) is 9.66. The minimum absolute atomic E-state index is 0. The van der Waals surface area contributed by atoms with Gasteiger partial charge < -0.3 is 10.6 Å². The zero-order chi connectivity index (χ0) is 20.4. The van der Waals surface area contributed by atoms with Crippen LogP contribution in [0.25, 0.3) is 0 Å². The van der Waals surface area contributed by atoms with Gasteiger partial charge >= 0.3 is 0 Å². The van der Waals surface area contributed by atoms with E-state index in [9.17, 15) is 8.42 Å².